The van der Waals surface area contributed by atoms with Gasteiger partial charge in [0, 0.05) is 17.1 Å². The van der Waals surface area contributed by atoms with Gasteiger partial charge in [0.25, 0.3) is 0 Å². The molecule has 1 rings (SSSR count). The molecule has 1 aromatic carbocycles. The molecule has 0 aliphatic heterocycles. The van der Waals surface area contributed by atoms with Gasteiger partial charge in [-0.3, -0.25) is 0 Å². The van der Waals surface area contributed by atoms with Gasteiger partial charge < -0.3 is 14.9 Å². The maximum atomic E-state index is 10.4. The quantitative estimate of drug-likeness (QED) is 0.570. The van der Waals surface area contributed by atoms with Gasteiger partial charge in [0.05, 0.1) is 12.7 Å². The van der Waals surface area contributed by atoms with Gasteiger partial charge in [-0.25, -0.2) is 4.79 Å². The Balaban J connectivity index is 2.41. The largest absolute Gasteiger partial charge is 0.493 e. The van der Waals surface area contributed by atoms with Crippen molar-refractivity contribution in [2.75, 3.05) is 12.4 Å². The van der Waals surface area contributed by atoms with Crippen LogP contribution in [0.15, 0.2) is 30.3 Å². The zero-order valence-electron chi connectivity index (χ0n) is 11.7. The Bertz CT molecular complexity index is 457. The summed E-state index contributed by atoms with van der Waals surface area (Å²) in [5, 5.41) is 18.1. The smallest absolute Gasteiger partial charge is 0.328 e. The van der Waals surface area contributed by atoms with Crippen LogP contribution in [0.3, 0.4) is 0 Å². The normalized spacial score (nSPS) is 14.2. The standard InChI is InChI=1S/C15H20O4S/c1-11(16)12(2)20-9-8-19-14-5-3-4-13(10-14)6-7-15(17)18/h3-7,10-12,16H,8-9H2,1-2H3,(H,17,18)/b7-6+. The van der Waals surface area contributed by atoms with Crippen molar-refractivity contribution in [2.45, 2.75) is 25.2 Å². The Kier molecular flexibility index (Phi) is 7.18. The summed E-state index contributed by atoms with van der Waals surface area (Å²) in [5.41, 5.74) is 0.787. The minimum absolute atomic E-state index is 0.184. The molecule has 0 bridgehead atoms. The fourth-order valence-corrected chi connectivity index (χ4v) is 2.24. The maximum Gasteiger partial charge on any atom is 0.328 e. The van der Waals surface area contributed by atoms with Crippen LogP contribution in [0.1, 0.15) is 19.4 Å². The van der Waals surface area contributed by atoms with Crippen molar-refractivity contribution in [2.24, 2.45) is 0 Å². The predicted molar refractivity (Wildman–Crippen MR) is 82.2 cm³/mol. The van der Waals surface area contributed by atoms with Gasteiger partial charge in [-0.1, -0.05) is 19.1 Å². The molecule has 0 saturated heterocycles. The van der Waals surface area contributed by atoms with Crippen molar-refractivity contribution < 1.29 is 19.7 Å². The molecule has 2 atom stereocenters. The van der Waals surface area contributed by atoms with Crippen molar-refractivity contribution >= 4 is 23.8 Å². The average molecular weight is 296 g/mol. The number of aliphatic hydroxyl groups is 1. The Hall–Kier alpha value is -1.46. The van der Waals surface area contributed by atoms with Gasteiger partial charge in [0.2, 0.25) is 0 Å². The third-order valence-corrected chi connectivity index (χ3v) is 4.01. The Morgan fingerprint density at radius 3 is 2.85 bits per heavy atom. The summed E-state index contributed by atoms with van der Waals surface area (Å²) in [5.74, 6) is 0.532. The minimum Gasteiger partial charge on any atom is -0.493 e. The highest BCUT2D eigenvalue weighted by molar-refractivity contribution is 7.99. The fourth-order valence-electron chi connectivity index (χ4n) is 1.41. The highest BCUT2D eigenvalue weighted by atomic mass is 32.2. The van der Waals surface area contributed by atoms with Crippen LogP contribution in [0.5, 0.6) is 5.75 Å². The SMILES string of the molecule is CC(O)C(C)SCCOc1cccc(/C=C/C(=O)O)c1. The van der Waals surface area contributed by atoms with E-state index in [9.17, 15) is 9.90 Å². The van der Waals surface area contributed by atoms with Crippen molar-refractivity contribution in [3.63, 3.8) is 0 Å². The molecular weight excluding hydrogens is 276 g/mol. The number of carboxylic acid groups (broad SMARTS) is 1. The van der Waals surface area contributed by atoms with E-state index in [2.05, 4.69) is 0 Å². The first-order valence-corrected chi connectivity index (χ1v) is 7.47. The lowest BCUT2D eigenvalue weighted by molar-refractivity contribution is -0.131. The van der Waals surface area contributed by atoms with Crippen molar-refractivity contribution in [1.82, 2.24) is 0 Å². The number of hydrogen-bond donors (Lipinski definition) is 2. The van der Waals surface area contributed by atoms with Crippen LogP contribution in [-0.4, -0.2) is 39.9 Å². The van der Waals surface area contributed by atoms with E-state index in [0.29, 0.717) is 12.4 Å². The predicted octanol–water partition coefficient (Wildman–Crippen LogP) is 2.67. The average Bonchev–Trinajstić information content (AvgIpc) is 2.41. The highest BCUT2D eigenvalue weighted by Gasteiger charge is 2.08. The highest BCUT2D eigenvalue weighted by Crippen LogP contribution is 2.17. The summed E-state index contributed by atoms with van der Waals surface area (Å²) in [6.07, 6.45) is 2.29. The van der Waals surface area contributed by atoms with Gasteiger partial charge >= 0.3 is 5.97 Å². The summed E-state index contributed by atoms with van der Waals surface area (Å²) in [7, 11) is 0. The number of hydrogen-bond acceptors (Lipinski definition) is 4. The van der Waals surface area contributed by atoms with Gasteiger partial charge in [-0.15, -0.1) is 0 Å². The zero-order valence-corrected chi connectivity index (χ0v) is 12.5. The van der Waals surface area contributed by atoms with Crippen LogP contribution in [0.4, 0.5) is 0 Å². The molecular formula is C15H20O4S. The number of rotatable bonds is 8. The lowest BCUT2D eigenvalue weighted by Crippen LogP contribution is -2.17. The number of carbonyl (C=O) groups is 1. The zero-order chi connectivity index (χ0) is 15.0. The summed E-state index contributed by atoms with van der Waals surface area (Å²) in [6.45, 7) is 4.30. The monoisotopic (exact) mass is 296 g/mol. The topological polar surface area (TPSA) is 66.8 Å². The second-order valence-electron chi connectivity index (χ2n) is 4.41. The van der Waals surface area contributed by atoms with Crippen molar-refractivity contribution in [3.8, 4) is 5.75 Å². The van der Waals surface area contributed by atoms with Gasteiger partial charge in [-0.05, 0) is 30.7 Å². The molecule has 0 heterocycles. The molecule has 2 N–H and O–H groups in total. The number of thioether (sulfide) groups is 1. The van der Waals surface area contributed by atoms with E-state index in [0.717, 1.165) is 17.4 Å². The third-order valence-electron chi connectivity index (χ3n) is 2.69. The first kappa shape index (κ1) is 16.6. The number of benzene rings is 1. The Morgan fingerprint density at radius 2 is 2.20 bits per heavy atom. The first-order chi connectivity index (χ1) is 9.49. The summed E-state index contributed by atoms with van der Waals surface area (Å²) >= 11 is 1.66. The second kappa shape index (κ2) is 8.66. The minimum atomic E-state index is -0.972. The van der Waals surface area contributed by atoms with Gasteiger partial charge in [0.1, 0.15) is 5.75 Å². The van der Waals surface area contributed by atoms with E-state index in [4.69, 9.17) is 9.84 Å². The van der Waals surface area contributed by atoms with Crippen molar-refractivity contribution in [1.29, 1.82) is 0 Å². The van der Waals surface area contributed by atoms with Gasteiger partial charge in [0.15, 0.2) is 0 Å². The van der Waals surface area contributed by atoms with E-state index in [1.807, 2.05) is 25.1 Å². The molecule has 0 radical (unpaired) electrons. The molecule has 0 aliphatic rings. The van der Waals surface area contributed by atoms with E-state index in [1.165, 1.54) is 6.08 Å². The summed E-state index contributed by atoms with van der Waals surface area (Å²) in [4.78, 5) is 10.4. The number of aliphatic hydroxyl groups excluding tert-OH is 1. The van der Waals surface area contributed by atoms with Crippen molar-refractivity contribution in [3.05, 3.63) is 35.9 Å². The third kappa shape index (κ3) is 6.63. The van der Waals surface area contributed by atoms with E-state index < -0.39 is 5.97 Å². The van der Waals surface area contributed by atoms with Crippen LogP contribution < -0.4 is 4.74 Å². The molecule has 0 spiro atoms. The van der Waals surface area contributed by atoms with Crippen LogP contribution in [0, 0.1) is 0 Å². The molecule has 0 aromatic heterocycles. The number of aliphatic carboxylic acids is 1. The molecule has 0 saturated carbocycles. The van der Waals surface area contributed by atoms with Crippen LogP contribution in [0.25, 0.3) is 6.08 Å². The van der Waals surface area contributed by atoms with Crippen LogP contribution in [0.2, 0.25) is 0 Å². The summed E-state index contributed by atoms with van der Waals surface area (Å²) in [6, 6.07) is 7.27. The van der Waals surface area contributed by atoms with E-state index >= 15 is 0 Å². The Labute approximate surface area is 123 Å². The molecule has 0 amide bonds. The van der Waals surface area contributed by atoms with E-state index in [1.54, 1.807) is 24.8 Å². The first-order valence-electron chi connectivity index (χ1n) is 6.42. The molecule has 1 aromatic rings. The lowest BCUT2D eigenvalue weighted by atomic mass is 10.2. The molecule has 0 aliphatic carbocycles. The lowest BCUT2D eigenvalue weighted by Gasteiger charge is -2.14. The molecule has 110 valence electrons. The molecule has 4 nitrogen and oxygen atoms in total. The maximum absolute atomic E-state index is 10.4. The second-order valence-corrected chi connectivity index (χ2v) is 5.89. The van der Waals surface area contributed by atoms with Gasteiger partial charge in [-0.2, -0.15) is 11.8 Å². The van der Waals surface area contributed by atoms with Crippen LogP contribution in [-0.2, 0) is 4.79 Å². The molecule has 0 fully saturated rings. The molecule has 2 unspecified atom stereocenters. The molecule has 20 heavy (non-hydrogen) atoms. The van der Waals surface area contributed by atoms with Crippen LogP contribution >= 0.6 is 11.8 Å². The number of carboxylic acids is 1. The Morgan fingerprint density at radius 1 is 1.45 bits per heavy atom. The van der Waals surface area contributed by atoms with E-state index in [-0.39, 0.29) is 11.4 Å². The molecule has 5 heteroatoms. The summed E-state index contributed by atoms with van der Waals surface area (Å²) < 4.78 is 5.60. The number of ether oxygens (including phenoxy) is 1. The fraction of sp³-hybridized carbons (Fsp3) is 0.400.